The molecule has 0 bridgehead atoms. The first-order chi connectivity index (χ1) is 7.15. The first kappa shape index (κ1) is 9.59. The smallest absolute Gasteiger partial charge is 0.116 e. The second kappa shape index (κ2) is 3.65. The molecule has 2 aromatic rings. The standard InChI is InChI=1S/C13H12O2/c1-9-5-11(8-13(15)6-9)10-3-2-4-12(14)7-10/h2-8,14-15H,1H3. The van der Waals surface area contributed by atoms with Gasteiger partial charge in [0, 0.05) is 0 Å². The lowest BCUT2D eigenvalue weighted by molar-refractivity contribution is 0.474. The fraction of sp³-hybridized carbons (Fsp3) is 0.0769. The molecule has 2 aromatic carbocycles. The highest BCUT2D eigenvalue weighted by Gasteiger charge is 2.01. The van der Waals surface area contributed by atoms with Crippen LogP contribution in [-0.4, -0.2) is 10.2 Å². The van der Waals surface area contributed by atoms with Crippen LogP contribution in [0, 0.1) is 6.92 Å². The summed E-state index contributed by atoms with van der Waals surface area (Å²) in [4.78, 5) is 0. The molecule has 0 spiro atoms. The van der Waals surface area contributed by atoms with Gasteiger partial charge in [0.1, 0.15) is 11.5 Å². The summed E-state index contributed by atoms with van der Waals surface area (Å²) in [6, 6.07) is 12.3. The summed E-state index contributed by atoms with van der Waals surface area (Å²) < 4.78 is 0. The van der Waals surface area contributed by atoms with Crippen LogP contribution in [0.4, 0.5) is 0 Å². The van der Waals surface area contributed by atoms with Gasteiger partial charge in [-0.15, -0.1) is 0 Å². The van der Waals surface area contributed by atoms with Gasteiger partial charge in [0.25, 0.3) is 0 Å². The number of hydrogen-bond acceptors (Lipinski definition) is 2. The van der Waals surface area contributed by atoms with Crippen LogP contribution in [0.25, 0.3) is 11.1 Å². The van der Waals surface area contributed by atoms with Crippen LogP contribution in [0.3, 0.4) is 0 Å². The molecule has 76 valence electrons. The van der Waals surface area contributed by atoms with E-state index in [0.29, 0.717) is 0 Å². The number of phenols is 2. The normalized spacial score (nSPS) is 10.2. The van der Waals surface area contributed by atoms with Crippen LogP contribution in [0.1, 0.15) is 5.56 Å². The Morgan fingerprint density at radius 2 is 1.53 bits per heavy atom. The predicted molar refractivity (Wildman–Crippen MR) is 59.9 cm³/mol. The molecule has 0 aliphatic heterocycles. The van der Waals surface area contributed by atoms with Gasteiger partial charge in [-0.05, 0) is 47.9 Å². The average molecular weight is 200 g/mol. The quantitative estimate of drug-likeness (QED) is 0.742. The number of phenolic OH excluding ortho intramolecular Hbond substituents is 2. The van der Waals surface area contributed by atoms with Gasteiger partial charge < -0.3 is 10.2 Å². The van der Waals surface area contributed by atoms with Crippen molar-refractivity contribution in [1.29, 1.82) is 0 Å². The monoisotopic (exact) mass is 200 g/mol. The van der Waals surface area contributed by atoms with Crippen molar-refractivity contribution in [2.24, 2.45) is 0 Å². The van der Waals surface area contributed by atoms with Gasteiger partial charge in [-0.25, -0.2) is 0 Å². The molecule has 0 saturated heterocycles. The van der Waals surface area contributed by atoms with Crippen molar-refractivity contribution in [2.45, 2.75) is 6.92 Å². The molecule has 0 atom stereocenters. The summed E-state index contributed by atoms with van der Waals surface area (Å²) in [7, 11) is 0. The van der Waals surface area contributed by atoms with Crippen LogP contribution >= 0.6 is 0 Å². The van der Waals surface area contributed by atoms with Crippen molar-refractivity contribution in [3.8, 4) is 22.6 Å². The van der Waals surface area contributed by atoms with E-state index in [1.807, 2.05) is 19.1 Å². The molecule has 0 amide bonds. The summed E-state index contributed by atoms with van der Waals surface area (Å²) in [6.07, 6.45) is 0. The maximum absolute atomic E-state index is 9.46. The van der Waals surface area contributed by atoms with Crippen LogP contribution in [0.15, 0.2) is 42.5 Å². The molecule has 0 fully saturated rings. The first-order valence-corrected chi connectivity index (χ1v) is 4.75. The van der Waals surface area contributed by atoms with E-state index in [1.165, 1.54) is 0 Å². The Kier molecular flexibility index (Phi) is 2.34. The Hall–Kier alpha value is -1.96. The van der Waals surface area contributed by atoms with E-state index >= 15 is 0 Å². The van der Waals surface area contributed by atoms with Gasteiger partial charge in [0.2, 0.25) is 0 Å². The fourth-order valence-corrected chi connectivity index (χ4v) is 1.62. The predicted octanol–water partition coefficient (Wildman–Crippen LogP) is 3.07. The molecule has 2 nitrogen and oxygen atoms in total. The molecule has 2 rings (SSSR count). The lowest BCUT2D eigenvalue weighted by atomic mass is 10.0. The minimum atomic E-state index is 0.230. The molecule has 0 aromatic heterocycles. The molecule has 0 heterocycles. The van der Waals surface area contributed by atoms with E-state index in [-0.39, 0.29) is 11.5 Å². The molecule has 0 unspecified atom stereocenters. The Balaban J connectivity index is 2.54. The molecule has 0 aliphatic rings. The van der Waals surface area contributed by atoms with E-state index in [9.17, 15) is 10.2 Å². The van der Waals surface area contributed by atoms with Gasteiger partial charge in [0.15, 0.2) is 0 Å². The zero-order valence-electron chi connectivity index (χ0n) is 8.44. The fourth-order valence-electron chi connectivity index (χ4n) is 1.62. The molecule has 15 heavy (non-hydrogen) atoms. The molecular formula is C13H12O2. The third-order valence-electron chi connectivity index (χ3n) is 2.24. The second-order valence-corrected chi connectivity index (χ2v) is 3.61. The molecular weight excluding hydrogens is 188 g/mol. The van der Waals surface area contributed by atoms with Gasteiger partial charge in [-0.2, -0.15) is 0 Å². The Morgan fingerprint density at radius 3 is 2.20 bits per heavy atom. The largest absolute Gasteiger partial charge is 0.508 e. The first-order valence-electron chi connectivity index (χ1n) is 4.75. The van der Waals surface area contributed by atoms with E-state index in [1.54, 1.807) is 30.3 Å². The highest BCUT2D eigenvalue weighted by atomic mass is 16.3. The van der Waals surface area contributed by atoms with Crippen molar-refractivity contribution in [3.63, 3.8) is 0 Å². The minimum absolute atomic E-state index is 0.230. The van der Waals surface area contributed by atoms with E-state index in [0.717, 1.165) is 16.7 Å². The number of hydrogen-bond donors (Lipinski definition) is 2. The molecule has 0 radical (unpaired) electrons. The van der Waals surface area contributed by atoms with E-state index in [4.69, 9.17) is 0 Å². The average Bonchev–Trinajstić information content (AvgIpc) is 2.16. The number of aromatic hydroxyl groups is 2. The van der Waals surface area contributed by atoms with Gasteiger partial charge in [-0.1, -0.05) is 18.2 Å². The number of benzene rings is 2. The van der Waals surface area contributed by atoms with Crippen LogP contribution < -0.4 is 0 Å². The summed E-state index contributed by atoms with van der Waals surface area (Å²) in [5, 5.41) is 18.8. The zero-order valence-corrected chi connectivity index (χ0v) is 8.44. The lowest BCUT2D eigenvalue weighted by Gasteiger charge is -2.04. The van der Waals surface area contributed by atoms with Crippen LogP contribution in [0.5, 0.6) is 11.5 Å². The highest BCUT2D eigenvalue weighted by molar-refractivity contribution is 5.67. The summed E-state index contributed by atoms with van der Waals surface area (Å²) in [5.74, 6) is 0.474. The Bertz CT molecular complexity index is 469. The van der Waals surface area contributed by atoms with Crippen molar-refractivity contribution in [2.75, 3.05) is 0 Å². The van der Waals surface area contributed by atoms with E-state index in [2.05, 4.69) is 0 Å². The number of aryl methyl sites for hydroxylation is 1. The minimum Gasteiger partial charge on any atom is -0.508 e. The lowest BCUT2D eigenvalue weighted by Crippen LogP contribution is -1.80. The third-order valence-corrected chi connectivity index (χ3v) is 2.24. The maximum Gasteiger partial charge on any atom is 0.116 e. The molecule has 0 saturated carbocycles. The molecule has 0 aliphatic carbocycles. The van der Waals surface area contributed by atoms with Gasteiger partial charge in [0.05, 0.1) is 0 Å². The SMILES string of the molecule is Cc1cc(O)cc(-c2cccc(O)c2)c1. The Labute approximate surface area is 88.4 Å². The van der Waals surface area contributed by atoms with Gasteiger partial charge >= 0.3 is 0 Å². The summed E-state index contributed by atoms with van der Waals surface area (Å²) >= 11 is 0. The maximum atomic E-state index is 9.46. The zero-order chi connectivity index (χ0) is 10.8. The second-order valence-electron chi connectivity index (χ2n) is 3.61. The van der Waals surface area contributed by atoms with Gasteiger partial charge in [-0.3, -0.25) is 0 Å². The Morgan fingerprint density at radius 1 is 0.800 bits per heavy atom. The van der Waals surface area contributed by atoms with Crippen molar-refractivity contribution in [3.05, 3.63) is 48.0 Å². The number of rotatable bonds is 1. The summed E-state index contributed by atoms with van der Waals surface area (Å²) in [6.45, 7) is 1.92. The molecule has 2 N–H and O–H groups in total. The topological polar surface area (TPSA) is 40.5 Å². The van der Waals surface area contributed by atoms with Crippen LogP contribution in [-0.2, 0) is 0 Å². The molecule has 2 heteroatoms. The van der Waals surface area contributed by atoms with E-state index < -0.39 is 0 Å². The van der Waals surface area contributed by atoms with Crippen LogP contribution in [0.2, 0.25) is 0 Å². The summed E-state index contributed by atoms with van der Waals surface area (Å²) in [5.41, 5.74) is 2.80. The van der Waals surface area contributed by atoms with Crippen molar-refractivity contribution in [1.82, 2.24) is 0 Å². The van der Waals surface area contributed by atoms with Crippen molar-refractivity contribution < 1.29 is 10.2 Å². The van der Waals surface area contributed by atoms with Crippen molar-refractivity contribution >= 4 is 0 Å². The highest BCUT2D eigenvalue weighted by Crippen LogP contribution is 2.27. The third kappa shape index (κ3) is 2.10.